The molecular formula is C11H17FN3PSe. The van der Waals surface area contributed by atoms with Crippen LogP contribution in [0.4, 0.5) is 4.20 Å². The van der Waals surface area contributed by atoms with E-state index in [0.29, 0.717) is 11.3 Å². The first-order valence-corrected chi connectivity index (χ1v) is 8.99. The molecule has 1 unspecified atom stereocenters. The molecule has 0 aliphatic carbocycles. The SMILES string of the molecule is CN(C)C(=NP(F)(=[Se])c1ccccc1)N(C)C. The third kappa shape index (κ3) is 3.95. The summed E-state index contributed by atoms with van der Waals surface area (Å²) < 4.78 is 18.8. The molecule has 0 bridgehead atoms. The zero-order valence-electron chi connectivity index (χ0n) is 10.5. The van der Waals surface area contributed by atoms with E-state index in [9.17, 15) is 4.20 Å². The molecule has 1 rings (SSSR count). The fraction of sp³-hybridized carbons (Fsp3) is 0.364. The first-order chi connectivity index (χ1) is 7.84. The van der Waals surface area contributed by atoms with Gasteiger partial charge >= 0.3 is 110 Å². The predicted octanol–water partition coefficient (Wildman–Crippen LogP) is 1.69. The molecule has 0 N–H and O–H groups in total. The summed E-state index contributed by atoms with van der Waals surface area (Å²) in [6, 6.07) is 9.03. The standard InChI is InChI=1S/C11H17FN3PSe/c1-14(2)11(15(3)4)13-16(12,17)10-8-6-5-7-9-10/h5-9H,1-4H3. The molecule has 0 spiro atoms. The Morgan fingerprint density at radius 3 is 2.00 bits per heavy atom. The number of guanidine groups is 1. The van der Waals surface area contributed by atoms with Gasteiger partial charge in [0, 0.05) is 0 Å². The Labute approximate surface area is 110 Å². The van der Waals surface area contributed by atoms with E-state index in [1.807, 2.05) is 46.4 Å². The quantitative estimate of drug-likeness (QED) is 0.357. The van der Waals surface area contributed by atoms with Gasteiger partial charge < -0.3 is 0 Å². The summed E-state index contributed by atoms with van der Waals surface area (Å²) in [5.41, 5.74) is 0. The fourth-order valence-electron chi connectivity index (χ4n) is 1.36. The van der Waals surface area contributed by atoms with Crippen LogP contribution >= 0.6 is 5.97 Å². The molecule has 0 amide bonds. The topological polar surface area (TPSA) is 18.8 Å². The maximum absolute atomic E-state index is 14.6. The van der Waals surface area contributed by atoms with E-state index in [2.05, 4.69) is 19.9 Å². The van der Waals surface area contributed by atoms with Gasteiger partial charge in [-0.2, -0.15) is 0 Å². The van der Waals surface area contributed by atoms with Crippen LogP contribution < -0.4 is 5.30 Å². The van der Waals surface area contributed by atoms with Crippen molar-refractivity contribution in [2.75, 3.05) is 28.2 Å². The van der Waals surface area contributed by atoms with Gasteiger partial charge in [-0.1, -0.05) is 0 Å². The van der Waals surface area contributed by atoms with Crippen molar-refractivity contribution < 1.29 is 4.20 Å². The molecule has 0 saturated heterocycles. The summed E-state index contributed by atoms with van der Waals surface area (Å²) in [6.07, 6.45) is 0. The van der Waals surface area contributed by atoms with E-state index in [-0.39, 0.29) is 0 Å². The van der Waals surface area contributed by atoms with E-state index in [1.54, 1.807) is 21.9 Å². The molecular weight excluding hydrogens is 303 g/mol. The van der Waals surface area contributed by atoms with Crippen LogP contribution in [-0.2, 0) is 0 Å². The predicted molar refractivity (Wildman–Crippen MR) is 74.7 cm³/mol. The third-order valence-corrected chi connectivity index (χ3v) is 5.30. The van der Waals surface area contributed by atoms with Crippen molar-refractivity contribution in [1.29, 1.82) is 0 Å². The zero-order valence-corrected chi connectivity index (χ0v) is 13.1. The minimum atomic E-state index is -3.08. The Bertz CT molecular complexity index is 435. The molecule has 3 nitrogen and oxygen atoms in total. The second-order valence-electron chi connectivity index (χ2n) is 4.03. The monoisotopic (exact) mass is 321 g/mol. The molecule has 0 saturated carbocycles. The summed E-state index contributed by atoms with van der Waals surface area (Å²) in [6.45, 7) is 0. The molecule has 0 aliphatic rings. The number of benzene rings is 1. The fourth-order valence-corrected chi connectivity index (χ4v) is 3.83. The summed E-state index contributed by atoms with van der Waals surface area (Å²) in [4.78, 5) is 3.60. The van der Waals surface area contributed by atoms with Gasteiger partial charge in [0.25, 0.3) is 0 Å². The van der Waals surface area contributed by atoms with Gasteiger partial charge in [0.15, 0.2) is 0 Å². The van der Waals surface area contributed by atoms with Gasteiger partial charge in [0.1, 0.15) is 0 Å². The molecule has 0 radical (unpaired) electrons. The minimum absolute atomic E-state index is 0.612. The van der Waals surface area contributed by atoms with Crippen LogP contribution in [0, 0.1) is 0 Å². The Morgan fingerprint density at radius 1 is 1.12 bits per heavy atom. The Hall–Kier alpha value is -0.631. The molecule has 0 aliphatic heterocycles. The van der Waals surface area contributed by atoms with Crippen molar-refractivity contribution in [1.82, 2.24) is 9.80 Å². The first-order valence-electron chi connectivity index (χ1n) is 5.15. The molecule has 94 valence electrons. The molecule has 0 heterocycles. The Balaban J connectivity index is 3.15. The number of halogens is 1. The van der Waals surface area contributed by atoms with Crippen LogP contribution in [0.5, 0.6) is 0 Å². The Kier molecular flexibility index (Phi) is 4.93. The average molecular weight is 320 g/mol. The number of nitrogens with zero attached hydrogens (tertiary/aromatic N) is 3. The van der Waals surface area contributed by atoms with Gasteiger partial charge in [-0.3, -0.25) is 0 Å². The third-order valence-electron chi connectivity index (χ3n) is 2.09. The molecule has 6 heteroatoms. The summed E-state index contributed by atoms with van der Waals surface area (Å²) >= 11 is 2.61. The number of rotatable bonds is 2. The average Bonchev–Trinajstić information content (AvgIpc) is 2.26. The van der Waals surface area contributed by atoms with E-state index in [0.717, 1.165) is 0 Å². The van der Waals surface area contributed by atoms with E-state index in [4.69, 9.17) is 0 Å². The van der Waals surface area contributed by atoms with Crippen LogP contribution in [0.1, 0.15) is 0 Å². The maximum atomic E-state index is 14.6. The van der Waals surface area contributed by atoms with Gasteiger partial charge in [-0.15, -0.1) is 0 Å². The van der Waals surface area contributed by atoms with Crippen molar-refractivity contribution in [2.45, 2.75) is 0 Å². The normalized spacial score (nSPS) is 13.7. The van der Waals surface area contributed by atoms with Crippen molar-refractivity contribution in [3.05, 3.63) is 30.3 Å². The van der Waals surface area contributed by atoms with Crippen LogP contribution in [0.2, 0.25) is 0 Å². The summed E-state index contributed by atoms with van der Waals surface area (Å²) in [7, 11) is 7.40. The van der Waals surface area contributed by atoms with E-state index >= 15 is 0 Å². The van der Waals surface area contributed by atoms with Crippen LogP contribution in [0.15, 0.2) is 35.1 Å². The van der Waals surface area contributed by atoms with Gasteiger partial charge in [0.05, 0.1) is 0 Å². The number of hydrogen-bond donors (Lipinski definition) is 0. The second-order valence-corrected chi connectivity index (χ2v) is 8.79. The van der Waals surface area contributed by atoms with Crippen molar-refractivity contribution in [2.24, 2.45) is 4.76 Å². The van der Waals surface area contributed by atoms with E-state index < -0.39 is 5.97 Å². The molecule has 1 atom stereocenters. The molecule has 1 aromatic carbocycles. The molecule has 0 fully saturated rings. The van der Waals surface area contributed by atoms with Gasteiger partial charge in [-0.05, 0) is 0 Å². The van der Waals surface area contributed by atoms with Crippen LogP contribution in [-0.4, -0.2) is 59.0 Å². The summed E-state index contributed by atoms with van der Waals surface area (Å²) in [5, 5.41) is 0.612. The van der Waals surface area contributed by atoms with Gasteiger partial charge in [-0.25, -0.2) is 0 Å². The number of hydrogen-bond acceptors (Lipinski definition) is 1. The Morgan fingerprint density at radius 2 is 1.59 bits per heavy atom. The molecule has 1 aromatic rings. The summed E-state index contributed by atoms with van der Waals surface area (Å²) in [5.74, 6) is -2.46. The first kappa shape index (κ1) is 14.4. The van der Waals surface area contributed by atoms with Crippen molar-refractivity contribution in [3.8, 4) is 0 Å². The zero-order chi connectivity index (χ0) is 13.1. The molecule has 0 aromatic heterocycles. The van der Waals surface area contributed by atoms with Crippen molar-refractivity contribution in [3.63, 3.8) is 0 Å². The van der Waals surface area contributed by atoms with Crippen LogP contribution in [0.25, 0.3) is 0 Å². The second kappa shape index (κ2) is 5.81. The molecule has 17 heavy (non-hydrogen) atoms. The van der Waals surface area contributed by atoms with Crippen LogP contribution in [0.3, 0.4) is 0 Å². The van der Waals surface area contributed by atoms with Crippen molar-refractivity contribution >= 4 is 32.3 Å². The van der Waals surface area contributed by atoms with E-state index in [1.165, 1.54) is 0 Å². The van der Waals surface area contributed by atoms with Gasteiger partial charge in [0.2, 0.25) is 0 Å².